The van der Waals surface area contributed by atoms with E-state index < -0.39 is 42.0 Å². The number of carbonyl (C=O) groups is 2. The molecule has 0 aromatic heterocycles. The molecule has 0 spiro atoms. The Labute approximate surface area is 107 Å². The van der Waals surface area contributed by atoms with E-state index in [-0.39, 0.29) is 5.56 Å². The molecular formula is C11H12F2N2O4. The minimum absolute atomic E-state index is 0.0715. The molecule has 0 aliphatic rings. The zero-order valence-electron chi connectivity index (χ0n) is 9.91. The number of amides is 2. The van der Waals surface area contributed by atoms with E-state index in [0.29, 0.717) is 0 Å². The summed E-state index contributed by atoms with van der Waals surface area (Å²) in [6, 6.07) is -0.924. The molecule has 0 bridgehead atoms. The SMILES string of the molecule is Cc1cc(F)c(NC(=O)N[C@H](CO)C(=O)O)cc1F. The van der Waals surface area contributed by atoms with Gasteiger partial charge in [0, 0.05) is 6.07 Å². The lowest BCUT2D eigenvalue weighted by molar-refractivity contribution is -0.140. The van der Waals surface area contributed by atoms with Crippen LogP contribution in [0.15, 0.2) is 12.1 Å². The number of carbonyl (C=O) groups excluding carboxylic acids is 1. The molecule has 1 atom stereocenters. The average Bonchev–Trinajstić information content (AvgIpc) is 2.32. The molecule has 1 aromatic carbocycles. The maximum Gasteiger partial charge on any atom is 0.328 e. The van der Waals surface area contributed by atoms with E-state index in [1.165, 1.54) is 6.92 Å². The molecule has 0 radical (unpaired) electrons. The number of aliphatic hydroxyl groups is 1. The second kappa shape index (κ2) is 6.10. The Morgan fingerprint density at radius 3 is 2.47 bits per heavy atom. The lowest BCUT2D eigenvalue weighted by Crippen LogP contribution is -2.45. The van der Waals surface area contributed by atoms with Crippen LogP contribution in [0, 0.1) is 18.6 Å². The zero-order chi connectivity index (χ0) is 14.6. The summed E-state index contributed by atoms with van der Waals surface area (Å²) in [4.78, 5) is 21.9. The Morgan fingerprint density at radius 2 is 1.95 bits per heavy atom. The number of urea groups is 1. The Morgan fingerprint density at radius 1 is 1.32 bits per heavy atom. The van der Waals surface area contributed by atoms with Crippen molar-refractivity contribution in [3.63, 3.8) is 0 Å². The van der Waals surface area contributed by atoms with E-state index in [2.05, 4.69) is 0 Å². The minimum atomic E-state index is -1.53. The second-order valence-corrected chi connectivity index (χ2v) is 3.75. The summed E-state index contributed by atoms with van der Waals surface area (Å²) in [5.41, 5.74) is -0.357. The van der Waals surface area contributed by atoms with Crippen LogP contribution in [0.3, 0.4) is 0 Å². The smallest absolute Gasteiger partial charge is 0.328 e. The highest BCUT2D eigenvalue weighted by molar-refractivity contribution is 5.92. The predicted octanol–water partition coefficient (Wildman–Crippen LogP) is 0.840. The van der Waals surface area contributed by atoms with Crippen LogP contribution in [0.25, 0.3) is 0 Å². The van der Waals surface area contributed by atoms with Crippen molar-refractivity contribution >= 4 is 17.7 Å². The first-order valence-electron chi connectivity index (χ1n) is 5.22. The molecule has 104 valence electrons. The fourth-order valence-electron chi connectivity index (χ4n) is 1.24. The van der Waals surface area contributed by atoms with E-state index >= 15 is 0 Å². The van der Waals surface area contributed by atoms with Crippen molar-refractivity contribution < 1.29 is 28.6 Å². The Bertz CT molecular complexity index is 508. The number of halogens is 2. The Balaban J connectivity index is 2.77. The number of anilines is 1. The van der Waals surface area contributed by atoms with Gasteiger partial charge in [-0.25, -0.2) is 18.4 Å². The van der Waals surface area contributed by atoms with Gasteiger partial charge in [0.25, 0.3) is 0 Å². The third kappa shape index (κ3) is 3.88. The van der Waals surface area contributed by atoms with E-state index in [1.54, 1.807) is 0 Å². The first-order chi connectivity index (χ1) is 8.85. The van der Waals surface area contributed by atoms with Gasteiger partial charge in [0.2, 0.25) is 0 Å². The molecule has 1 aromatic rings. The van der Waals surface area contributed by atoms with Crippen LogP contribution in [0.1, 0.15) is 5.56 Å². The lowest BCUT2D eigenvalue weighted by atomic mass is 10.2. The van der Waals surface area contributed by atoms with Crippen molar-refractivity contribution in [3.05, 3.63) is 29.3 Å². The quantitative estimate of drug-likeness (QED) is 0.654. The number of aliphatic hydroxyl groups excluding tert-OH is 1. The van der Waals surface area contributed by atoms with Crippen LogP contribution in [0.4, 0.5) is 19.3 Å². The number of aryl methyl sites for hydroxylation is 1. The molecule has 0 fully saturated rings. The third-order valence-electron chi connectivity index (χ3n) is 2.28. The van der Waals surface area contributed by atoms with Gasteiger partial charge in [-0.05, 0) is 18.6 Å². The van der Waals surface area contributed by atoms with Gasteiger partial charge >= 0.3 is 12.0 Å². The molecule has 0 heterocycles. The van der Waals surface area contributed by atoms with Crippen LogP contribution >= 0.6 is 0 Å². The summed E-state index contributed by atoms with van der Waals surface area (Å²) < 4.78 is 26.6. The van der Waals surface area contributed by atoms with Gasteiger partial charge in [0.05, 0.1) is 12.3 Å². The number of carboxylic acids is 1. The number of rotatable bonds is 4. The Kier molecular flexibility index (Phi) is 4.76. The van der Waals surface area contributed by atoms with E-state index in [9.17, 15) is 18.4 Å². The maximum atomic E-state index is 13.4. The monoisotopic (exact) mass is 274 g/mol. The van der Waals surface area contributed by atoms with Crippen molar-refractivity contribution in [2.45, 2.75) is 13.0 Å². The summed E-state index contributed by atoms with van der Waals surface area (Å²) in [5, 5.41) is 21.1. The minimum Gasteiger partial charge on any atom is -0.480 e. The van der Waals surface area contributed by atoms with E-state index in [1.807, 2.05) is 10.6 Å². The fraction of sp³-hybridized carbons (Fsp3) is 0.273. The second-order valence-electron chi connectivity index (χ2n) is 3.75. The summed E-state index contributed by atoms with van der Waals surface area (Å²) in [5.74, 6) is -3.02. The topological polar surface area (TPSA) is 98.7 Å². The van der Waals surface area contributed by atoms with Crippen LogP contribution in [-0.2, 0) is 4.79 Å². The molecule has 0 saturated carbocycles. The van der Waals surface area contributed by atoms with Crippen LogP contribution in [-0.4, -0.2) is 34.9 Å². The molecule has 1 rings (SSSR count). The molecule has 19 heavy (non-hydrogen) atoms. The summed E-state index contributed by atoms with van der Waals surface area (Å²) in [7, 11) is 0. The fourth-order valence-corrected chi connectivity index (χ4v) is 1.24. The molecule has 2 amide bonds. The highest BCUT2D eigenvalue weighted by Gasteiger charge is 2.19. The number of nitrogens with one attached hydrogen (secondary N) is 2. The van der Waals surface area contributed by atoms with E-state index in [0.717, 1.165) is 12.1 Å². The standard InChI is InChI=1S/C11H12F2N2O4/c1-5-2-7(13)8(3-6(5)12)14-11(19)15-9(4-16)10(17)18/h2-3,9,16H,4H2,1H3,(H,17,18)(H2,14,15,19)/t9-/m1/s1. The molecule has 6 nitrogen and oxygen atoms in total. The summed E-state index contributed by atoms with van der Waals surface area (Å²) in [6.45, 7) is 0.530. The predicted molar refractivity (Wildman–Crippen MR) is 61.8 cm³/mol. The number of benzene rings is 1. The number of carboxylic acid groups (broad SMARTS) is 1. The number of hydrogen-bond donors (Lipinski definition) is 4. The molecule has 0 saturated heterocycles. The van der Waals surface area contributed by atoms with Gasteiger partial charge in [0.15, 0.2) is 6.04 Å². The van der Waals surface area contributed by atoms with Crippen molar-refractivity contribution in [1.82, 2.24) is 5.32 Å². The average molecular weight is 274 g/mol. The van der Waals surface area contributed by atoms with Crippen LogP contribution in [0.2, 0.25) is 0 Å². The van der Waals surface area contributed by atoms with Gasteiger partial charge in [-0.15, -0.1) is 0 Å². The van der Waals surface area contributed by atoms with Gasteiger partial charge in [0.1, 0.15) is 11.6 Å². The maximum absolute atomic E-state index is 13.4. The summed E-state index contributed by atoms with van der Waals surface area (Å²) >= 11 is 0. The van der Waals surface area contributed by atoms with Gasteiger partial charge in [-0.2, -0.15) is 0 Å². The summed E-state index contributed by atoms with van der Waals surface area (Å²) in [6.07, 6.45) is 0. The van der Waals surface area contributed by atoms with Crippen molar-refractivity contribution in [2.24, 2.45) is 0 Å². The molecule has 0 unspecified atom stereocenters. The Hall–Kier alpha value is -2.22. The third-order valence-corrected chi connectivity index (χ3v) is 2.28. The molecule has 4 N–H and O–H groups in total. The van der Waals surface area contributed by atoms with Crippen molar-refractivity contribution in [1.29, 1.82) is 0 Å². The van der Waals surface area contributed by atoms with Crippen LogP contribution < -0.4 is 10.6 Å². The highest BCUT2D eigenvalue weighted by Crippen LogP contribution is 2.18. The van der Waals surface area contributed by atoms with Gasteiger partial charge in [-0.3, -0.25) is 0 Å². The molecule has 0 aliphatic heterocycles. The molecule has 8 heteroatoms. The van der Waals surface area contributed by atoms with Crippen LogP contribution in [0.5, 0.6) is 0 Å². The van der Waals surface area contributed by atoms with Crippen molar-refractivity contribution in [3.8, 4) is 0 Å². The lowest BCUT2D eigenvalue weighted by Gasteiger charge is -2.13. The first kappa shape index (κ1) is 14.8. The first-order valence-corrected chi connectivity index (χ1v) is 5.22. The van der Waals surface area contributed by atoms with Gasteiger partial charge in [-0.1, -0.05) is 0 Å². The number of hydrogen-bond acceptors (Lipinski definition) is 3. The van der Waals surface area contributed by atoms with Gasteiger partial charge < -0.3 is 20.8 Å². The largest absolute Gasteiger partial charge is 0.480 e. The van der Waals surface area contributed by atoms with E-state index in [4.69, 9.17) is 10.2 Å². The molecule has 0 aliphatic carbocycles. The zero-order valence-corrected chi connectivity index (χ0v) is 9.91. The highest BCUT2D eigenvalue weighted by atomic mass is 19.1. The number of aliphatic carboxylic acids is 1. The molecular weight excluding hydrogens is 262 g/mol. The normalized spacial score (nSPS) is 11.8. The van der Waals surface area contributed by atoms with Crippen molar-refractivity contribution in [2.75, 3.05) is 11.9 Å².